The first-order valence-corrected chi connectivity index (χ1v) is 7.21. The number of benzene rings is 2. The molecule has 0 fully saturated rings. The molecule has 0 spiro atoms. The van der Waals surface area contributed by atoms with Gasteiger partial charge in [-0.15, -0.1) is 0 Å². The zero-order chi connectivity index (χ0) is 15.2. The summed E-state index contributed by atoms with van der Waals surface area (Å²) in [7, 11) is 0. The quantitative estimate of drug-likeness (QED) is 0.866. The lowest BCUT2D eigenvalue weighted by Gasteiger charge is -2.06. The van der Waals surface area contributed by atoms with E-state index in [0.717, 1.165) is 10.0 Å². The van der Waals surface area contributed by atoms with Crippen LogP contribution in [0.4, 0.5) is 5.69 Å². The van der Waals surface area contributed by atoms with Gasteiger partial charge in [0.05, 0.1) is 5.56 Å². The minimum absolute atomic E-state index is 0.0990. The van der Waals surface area contributed by atoms with Gasteiger partial charge in [-0.1, -0.05) is 28.1 Å². The van der Waals surface area contributed by atoms with Gasteiger partial charge in [0.2, 0.25) is 5.91 Å². The summed E-state index contributed by atoms with van der Waals surface area (Å²) in [4.78, 5) is 22.6. The Morgan fingerprint density at radius 1 is 1.10 bits per heavy atom. The van der Waals surface area contributed by atoms with Crippen molar-refractivity contribution in [3.05, 3.63) is 64.1 Å². The highest BCUT2D eigenvalue weighted by atomic mass is 79.9. The number of carbonyl (C=O) groups excluding carboxylic acids is 1. The monoisotopic (exact) mass is 347 g/mol. The molecule has 2 rings (SSSR count). The third-order valence-corrected chi connectivity index (χ3v) is 3.44. The van der Waals surface area contributed by atoms with E-state index in [9.17, 15) is 9.59 Å². The number of rotatable bonds is 5. The number of hydrogen-bond acceptors (Lipinski definition) is 2. The van der Waals surface area contributed by atoms with E-state index in [1.807, 2.05) is 24.3 Å². The van der Waals surface area contributed by atoms with Crippen molar-refractivity contribution in [3.63, 3.8) is 0 Å². The number of aryl methyl sites for hydroxylation is 1. The topological polar surface area (TPSA) is 66.4 Å². The predicted octanol–water partition coefficient (Wildman–Crippen LogP) is 3.72. The average molecular weight is 348 g/mol. The Balaban J connectivity index is 1.88. The Labute approximate surface area is 130 Å². The van der Waals surface area contributed by atoms with Gasteiger partial charge >= 0.3 is 5.97 Å². The van der Waals surface area contributed by atoms with Gasteiger partial charge in [-0.25, -0.2) is 4.79 Å². The minimum atomic E-state index is -0.984. The highest BCUT2D eigenvalue weighted by molar-refractivity contribution is 9.10. The fraction of sp³-hybridized carbons (Fsp3) is 0.125. The van der Waals surface area contributed by atoms with Gasteiger partial charge < -0.3 is 10.4 Å². The predicted molar refractivity (Wildman–Crippen MR) is 84.5 cm³/mol. The molecule has 108 valence electrons. The number of nitrogens with one attached hydrogen (secondary N) is 1. The molecule has 0 heterocycles. The second-order valence-electron chi connectivity index (χ2n) is 4.56. The van der Waals surface area contributed by atoms with Crippen LogP contribution >= 0.6 is 15.9 Å². The third-order valence-electron chi connectivity index (χ3n) is 2.95. The lowest BCUT2D eigenvalue weighted by molar-refractivity contribution is -0.116. The second kappa shape index (κ2) is 7.04. The first kappa shape index (κ1) is 15.3. The Hall–Kier alpha value is -2.14. The van der Waals surface area contributed by atoms with Gasteiger partial charge in [-0.3, -0.25) is 4.79 Å². The zero-order valence-electron chi connectivity index (χ0n) is 11.2. The molecule has 0 aromatic heterocycles. The van der Waals surface area contributed by atoms with Crippen LogP contribution in [0.15, 0.2) is 53.0 Å². The molecular weight excluding hydrogens is 334 g/mol. The molecule has 4 nitrogen and oxygen atoms in total. The lowest BCUT2D eigenvalue weighted by Crippen LogP contribution is -2.12. The lowest BCUT2D eigenvalue weighted by atomic mass is 10.1. The largest absolute Gasteiger partial charge is 0.478 e. The summed E-state index contributed by atoms with van der Waals surface area (Å²) in [5.74, 6) is -1.08. The minimum Gasteiger partial charge on any atom is -0.478 e. The maximum atomic E-state index is 11.9. The van der Waals surface area contributed by atoms with E-state index >= 15 is 0 Å². The third kappa shape index (κ3) is 4.72. The van der Waals surface area contributed by atoms with Gasteiger partial charge in [0.15, 0.2) is 0 Å². The molecule has 0 unspecified atom stereocenters. The van der Waals surface area contributed by atoms with E-state index in [2.05, 4.69) is 21.2 Å². The standard InChI is InChI=1S/C16H14BrNO3/c17-13-3-1-2-11(10-13)4-9-15(19)18-14-7-5-12(6-8-14)16(20)21/h1-3,5-8,10H,4,9H2,(H,18,19)(H,20,21). The summed E-state index contributed by atoms with van der Waals surface area (Å²) in [5, 5.41) is 11.5. The van der Waals surface area contributed by atoms with Gasteiger partial charge in [0.1, 0.15) is 0 Å². The summed E-state index contributed by atoms with van der Waals surface area (Å²) >= 11 is 3.39. The Morgan fingerprint density at radius 3 is 2.43 bits per heavy atom. The van der Waals surface area contributed by atoms with Gasteiger partial charge in [0.25, 0.3) is 0 Å². The zero-order valence-corrected chi connectivity index (χ0v) is 12.8. The summed E-state index contributed by atoms with van der Waals surface area (Å²) in [5.41, 5.74) is 1.88. The van der Waals surface area contributed by atoms with Crippen LogP contribution in [-0.4, -0.2) is 17.0 Å². The van der Waals surface area contributed by atoms with Crippen LogP contribution in [0.3, 0.4) is 0 Å². The first-order chi connectivity index (χ1) is 10.0. The van der Waals surface area contributed by atoms with E-state index < -0.39 is 5.97 Å². The molecule has 0 atom stereocenters. The van der Waals surface area contributed by atoms with Crippen molar-refractivity contribution in [1.82, 2.24) is 0 Å². The van der Waals surface area contributed by atoms with Crippen molar-refractivity contribution in [2.75, 3.05) is 5.32 Å². The molecule has 5 heteroatoms. The van der Waals surface area contributed by atoms with Crippen LogP contribution in [0.1, 0.15) is 22.3 Å². The smallest absolute Gasteiger partial charge is 0.335 e. The number of aromatic carboxylic acids is 1. The van der Waals surface area contributed by atoms with E-state index in [1.165, 1.54) is 12.1 Å². The number of carboxylic acids is 1. The average Bonchev–Trinajstić information content (AvgIpc) is 2.46. The summed E-state index contributed by atoms with van der Waals surface area (Å²) in [6.45, 7) is 0. The molecule has 21 heavy (non-hydrogen) atoms. The molecular formula is C16H14BrNO3. The van der Waals surface area contributed by atoms with Gasteiger partial charge in [-0.2, -0.15) is 0 Å². The molecule has 1 amide bonds. The van der Waals surface area contributed by atoms with Crippen LogP contribution in [-0.2, 0) is 11.2 Å². The van der Waals surface area contributed by atoms with Crippen molar-refractivity contribution < 1.29 is 14.7 Å². The first-order valence-electron chi connectivity index (χ1n) is 6.42. The van der Waals surface area contributed by atoms with E-state index in [4.69, 9.17) is 5.11 Å². The number of carboxylic acid groups (broad SMARTS) is 1. The number of carbonyl (C=O) groups is 2. The normalized spacial score (nSPS) is 10.1. The van der Waals surface area contributed by atoms with Crippen molar-refractivity contribution >= 4 is 33.5 Å². The molecule has 0 aliphatic heterocycles. The number of anilines is 1. The molecule has 0 aliphatic rings. The van der Waals surface area contributed by atoms with Crippen molar-refractivity contribution in [1.29, 1.82) is 0 Å². The number of hydrogen-bond donors (Lipinski definition) is 2. The van der Waals surface area contributed by atoms with E-state index in [1.54, 1.807) is 12.1 Å². The molecule has 0 radical (unpaired) electrons. The fourth-order valence-corrected chi connectivity index (χ4v) is 2.32. The Morgan fingerprint density at radius 2 is 1.81 bits per heavy atom. The molecule has 2 N–H and O–H groups in total. The fourth-order valence-electron chi connectivity index (χ4n) is 1.87. The summed E-state index contributed by atoms with van der Waals surface area (Å²) in [6, 6.07) is 13.9. The van der Waals surface area contributed by atoms with Crippen LogP contribution < -0.4 is 5.32 Å². The molecule has 0 saturated heterocycles. The van der Waals surface area contributed by atoms with Crippen molar-refractivity contribution in [2.45, 2.75) is 12.8 Å². The van der Waals surface area contributed by atoms with Crippen LogP contribution in [0.25, 0.3) is 0 Å². The maximum absolute atomic E-state index is 11.9. The van der Waals surface area contributed by atoms with Crippen molar-refractivity contribution in [2.24, 2.45) is 0 Å². The summed E-state index contributed by atoms with van der Waals surface area (Å²) in [6.07, 6.45) is 1.02. The SMILES string of the molecule is O=C(CCc1cccc(Br)c1)Nc1ccc(C(=O)O)cc1. The molecule has 0 saturated carbocycles. The van der Waals surface area contributed by atoms with Crippen LogP contribution in [0.2, 0.25) is 0 Å². The number of amides is 1. The second-order valence-corrected chi connectivity index (χ2v) is 5.48. The van der Waals surface area contributed by atoms with Crippen LogP contribution in [0, 0.1) is 0 Å². The molecule has 0 aliphatic carbocycles. The number of halogens is 1. The van der Waals surface area contributed by atoms with E-state index in [0.29, 0.717) is 18.5 Å². The van der Waals surface area contributed by atoms with Crippen LogP contribution in [0.5, 0.6) is 0 Å². The summed E-state index contributed by atoms with van der Waals surface area (Å²) < 4.78 is 0.990. The van der Waals surface area contributed by atoms with E-state index in [-0.39, 0.29) is 11.5 Å². The molecule has 0 bridgehead atoms. The maximum Gasteiger partial charge on any atom is 0.335 e. The molecule has 2 aromatic rings. The van der Waals surface area contributed by atoms with Gasteiger partial charge in [0, 0.05) is 16.6 Å². The Bertz CT molecular complexity index is 653. The Kier molecular flexibility index (Phi) is 5.11. The van der Waals surface area contributed by atoms with Crippen molar-refractivity contribution in [3.8, 4) is 0 Å². The molecule has 2 aromatic carbocycles. The highest BCUT2D eigenvalue weighted by Crippen LogP contribution is 2.14. The highest BCUT2D eigenvalue weighted by Gasteiger charge is 2.05. The van der Waals surface area contributed by atoms with Gasteiger partial charge in [-0.05, 0) is 48.4 Å².